The molecule has 5 nitrogen and oxygen atoms in total. The maximum Gasteiger partial charge on any atom is 0.224 e. The van der Waals surface area contributed by atoms with Crippen LogP contribution in [0.1, 0.15) is 19.6 Å². The highest BCUT2D eigenvalue weighted by molar-refractivity contribution is 5.42. The molecule has 0 aromatic carbocycles. The Morgan fingerprint density at radius 3 is 2.78 bits per heavy atom. The smallest absolute Gasteiger partial charge is 0.224 e. The molecular formula is C13H18N4O. The van der Waals surface area contributed by atoms with Crippen molar-refractivity contribution in [3.05, 3.63) is 36.4 Å². The van der Waals surface area contributed by atoms with E-state index in [9.17, 15) is 0 Å². The lowest BCUT2D eigenvalue weighted by Gasteiger charge is -2.19. The van der Waals surface area contributed by atoms with E-state index in [1.807, 2.05) is 18.2 Å². The third-order valence-electron chi connectivity index (χ3n) is 2.73. The van der Waals surface area contributed by atoms with Crippen molar-refractivity contribution in [3.8, 4) is 0 Å². The minimum atomic E-state index is 0.592. The summed E-state index contributed by atoms with van der Waals surface area (Å²) in [6.45, 7) is 6.69. The van der Waals surface area contributed by atoms with Crippen LogP contribution in [0.2, 0.25) is 0 Å². The van der Waals surface area contributed by atoms with Crippen molar-refractivity contribution in [1.82, 2.24) is 9.97 Å². The van der Waals surface area contributed by atoms with Crippen molar-refractivity contribution in [1.29, 1.82) is 0 Å². The molecule has 0 fully saturated rings. The SMILES string of the molecule is CCN(CC)c1ccnc(NCc2ccco2)n1. The van der Waals surface area contributed by atoms with Gasteiger partial charge in [-0.1, -0.05) is 0 Å². The van der Waals surface area contributed by atoms with Gasteiger partial charge in [0.2, 0.25) is 5.95 Å². The average Bonchev–Trinajstić information content (AvgIpc) is 2.92. The van der Waals surface area contributed by atoms with E-state index in [0.717, 1.165) is 24.7 Å². The Bertz CT molecular complexity index is 466. The molecule has 2 aromatic rings. The first-order chi connectivity index (χ1) is 8.83. The van der Waals surface area contributed by atoms with Gasteiger partial charge < -0.3 is 14.6 Å². The van der Waals surface area contributed by atoms with Gasteiger partial charge in [-0.05, 0) is 32.0 Å². The van der Waals surface area contributed by atoms with E-state index in [0.29, 0.717) is 12.5 Å². The van der Waals surface area contributed by atoms with Crippen LogP contribution in [-0.4, -0.2) is 23.1 Å². The first-order valence-electron chi connectivity index (χ1n) is 6.17. The van der Waals surface area contributed by atoms with Crippen LogP contribution in [0.15, 0.2) is 35.1 Å². The maximum atomic E-state index is 5.25. The van der Waals surface area contributed by atoms with Gasteiger partial charge in [0.05, 0.1) is 12.8 Å². The van der Waals surface area contributed by atoms with Crippen LogP contribution >= 0.6 is 0 Å². The number of furan rings is 1. The first kappa shape index (κ1) is 12.4. The van der Waals surface area contributed by atoms with E-state index < -0.39 is 0 Å². The summed E-state index contributed by atoms with van der Waals surface area (Å²) in [5.41, 5.74) is 0. The molecule has 0 amide bonds. The third kappa shape index (κ3) is 3.00. The maximum absolute atomic E-state index is 5.25. The van der Waals surface area contributed by atoms with Gasteiger partial charge in [-0.3, -0.25) is 0 Å². The minimum absolute atomic E-state index is 0.592. The van der Waals surface area contributed by atoms with E-state index in [4.69, 9.17) is 4.42 Å². The van der Waals surface area contributed by atoms with Gasteiger partial charge in [0.25, 0.3) is 0 Å². The first-order valence-corrected chi connectivity index (χ1v) is 6.17. The molecule has 5 heteroatoms. The van der Waals surface area contributed by atoms with Gasteiger partial charge in [-0.25, -0.2) is 4.98 Å². The van der Waals surface area contributed by atoms with E-state index in [2.05, 4.69) is 34.0 Å². The van der Waals surface area contributed by atoms with Gasteiger partial charge in [0, 0.05) is 19.3 Å². The average molecular weight is 246 g/mol. The zero-order valence-electron chi connectivity index (χ0n) is 10.8. The van der Waals surface area contributed by atoms with E-state index in [1.54, 1.807) is 12.5 Å². The van der Waals surface area contributed by atoms with Crippen LogP contribution in [0.4, 0.5) is 11.8 Å². The van der Waals surface area contributed by atoms with Crippen molar-refractivity contribution in [2.75, 3.05) is 23.3 Å². The topological polar surface area (TPSA) is 54.2 Å². The Morgan fingerprint density at radius 2 is 2.11 bits per heavy atom. The molecule has 96 valence electrons. The second-order valence-electron chi connectivity index (χ2n) is 3.84. The van der Waals surface area contributed by atoms with Crippen molar-refractivity contribution in [3.63, 3.8) is 0 Å². The highest BCUT2D eigenvalue weighted by Crippen LogP contribution is 2.12. The quantitative estimate of drug-likeness (QED) is 0.848. The molecule has 0 saturated carbocycles. The van der Waals surface area contributed by atoms with E-state index in [1.165, 1.54) is 0 Å². The van der Waals surface area contributed by atoms with Crippen LogP contribution in [-0.2, 0) is 6.54 Å². The Kier molecular flexibility index (Phi) is 4.17. The summed E-state index contributed by atoms with van der Waals surface area (Å²) < 4.78 is 5.25. The zero-order valence-corrected chi connectivity index (χ0v) is 10.8. The number of rotatable bonds is 6. The third-order valence-corrected chi connectivity index (χ3v) is 2.73. The molecule has 0 atom stereocenters. The normalized spacial score (nSPS) is 10.3. The predicted molar refractivity (Wildman–Crippen MR) is 71.6 cm³/mol. The molecule has 0 saturated heterocycles. The molecule has 0 spiro atoms. The van der Waals surface area contributed by atoms with Crippen LogP contribution in [0, 0.1) is 0 Å². The van der Waals surface area contributed by atoms with Crippen LogP contribution in [0.5, 0.6) is 0 Å². The molecule has 0 aliphatic rings. The Hall–Kier alpha value is -2.04. The van der Waals surface area contributed by atoms with Gasteiger partial charge in [-0.2, -0.15) is 4.98 Å². The van der Waals surface area contributed by atoms with Gasteiger partial charge in [0.15, 0.2) is 0 Å². The van der Waals surface area contributed by atoms with Crippen LogP contribution in [0.25, 0.3) is 0 Å². The largest absolute Gasteiger partial charge is 0.467 e. The van der Waals surface area contributed by atoms with Gasteiger partial charge >= 0.3 is 0 Å². The van der Waals surface area contributed by atoms with Crippen LogP contribution < -0.4 is 10.2 Å². The molecule has 2 heterocycles. The monoisotopic (exact) mass is 246 g/mol. The number of hydrogen-bond acceptors (Lipinski definition) is 5. The summed E-state index contributed by atoms with van der Waals surface area (Å²) in [6.07, 6.45) is 3.43. The Labute approximate surface area is 107 Å². The lowest BCUT2D eigenvalue weighted by atomic mass is 10.4. The summed E-state index contributed by atoms with van der Waals surface area (Å²) in [7, 11) is 0. The predicted octanol–water partition coefficient (Wildman–Crippen LogP) is 2.53. The molecule has 18 heavy (non-hydrogen) atoms. The molecule has 0 radical (unpaired) electrons. The Balaban J connectivity index is 2.02. The molecule has 0 aliphatic carbocycles. The van der Waals surface area contributed by atoms with Crippen molar-refractivity contribution in [2.24, 2.45) is 0 Å². The highest BCUT2D eigenvalue weighted by atomic mass is 16.3. The summed E-state index contributed by atoms with van der Waals surface area (Å²) in [5.74, 6) is 2.43. The highest BCUT2D eigenvalue weighted by Gasteiger charge is 2.05. The fourth-order valence-corrected chi connectivity index (χ4v) is 1.74. The number of anilines is 2. The second-order valence-corrected chi connectivity index (χ2v) is 3.84. The Morgan fingerprint density at radius 1 is 1.28 bits per heavy atom. The van der Waals surface area contributed by atoms with Crippen molar-refractivity contribution in [2.45, 2.75) is 20.4 Å². The van der Waals surface area contributed by atoms with E-state index >= 15 is 0 Å². The summed E-state index contributed by atoms with van der Waals surface area (Å²) in [5, 5.41) is 3.15. The molecule has 2 aromatic heterocycles. The lowest BCUT2D eigenvalue weighted by molar-refractivity contribution is 0.517. The number of nitrogens with one attached hydrogen (secondary N) is 1. The molecule has 0 aliphatic heterocycles. The number of aromatic nitrogens is 2. The van der Waals surface area contributed by atoms with E-state index in [-0.39, 0.29) is 0 Å². The van der Waals surface area contributed by atoms with Crippen molar-refractivity contribution >= 4 is 11.8 Å². The molecular weight excluding hydrogens is 228 g/mol. The number of hydrogen-bond donors (Lipinski definition) is 1. The molecule has 0 bridgehead atoms. The molecule has 0 unspecified atom stereocenters. The zero-order chi connectivity index (χ0) is 12.8. The summed E-state index contributed by atoms with van der Waals surface area (Å²) in [4.78, 5) is 10.9. The fraction of sp³-hybridized carbons (Fsp3) is 0.385. The summed E-state index contributed by atoms with van der Waals surface area (Å²) >= 11 is 0. The van der Waals surface area contributed by atoms with Crippen LogP contribution in [0.3, 0.4) is 0 Å². The van der Waals surface area contributed by atoms with Crippen molar-refractivity contribution < 1.29 is 4.42 Å². The lowest BCUT2D eigenvalue weighted by Crippen LogP contribution is -2.23. The number of nitrogens with zero attached hydrogens (tertiary/aromatic N) is 3. The van der Waals surface area contributed by atoms with Gasteiger partial charge in [-0.15, -0.1) is 0 Å². The standard InChI is InChI=1S/C13H18N4O/c1-3-17(4-2)12-7-8-14-13(16-12)15-10-11-6-5-9-18-11/h5-9H,3-4,10H2,1-2H3,(H,14,15,16). The molecule has 1 N–H and O–H groups in total. The van der Waals surface area contributed by atoms with Gasteiger partial charge in [0.1, 0.15) is 11.6 Å². The summed E-state index contributed by atoms with van der Waals surface area (Å²) in [6, 6.07) is 5.70. The minimum Gasteiger partial charge on any atom is -0.467 e. The molecule has 2 rings (SSSR count). The fourth-order valence-electron chi connectivity index (χ4n) is 1.74. The second kappa shape index (κ2) is 6.05.